The highest BCUT2D eigenvalue weighted by atomic mass is 16.5. The fourth-order valence-electron chi connectivity index (χ4n) is 9.40. The topological polar surface area (TPSA) is 184 Å². The normalized spacial score (nSPS) is 20.2. The molecule has 62 heavy (non-hydrogen) atoms. The van der Waals surface area contributed by atoms with E-state index in [9.17, 15) is 19.2 Å². The first-order valence-corrected chi connectivity index (χ1v) is 21.4. The minimum Gasteiger partial charge on any atom is -0.453 e. The van der Waals surface area contributed by atoms with Crippen molar-refractivity contribution in [3.05, 3.63) is 72.3 Å². The molecule has 2 aliphatic heterocycles. The molecule has 8 rings (SSSR count). The second-order valence-electron chi connectivity index (χ2n) is 17.7. The Hall–Kier alpha value is -6.22. The van der Waals surface area contributed by atoms with Gasteiger partial charge in [0.2, 0.25) is 11.8 Å². The van der Waals surface area contributed by atoms with E-state index in [1.165, 1.54) is 14.2 Å². The van der Waals surface area contributed by atoms with Gasteiger partial charge in [-0.05, 0) is 76.8 Å². The van der Waals surface area contributed by atoms with Crippen molar-refractivity contribution in [3.8, 4) is 11.1 Å². The Morgan fingerprint density at radius 1 is 0.677 bits per heavy atom. The maximum Gasteiger partial charge on any atom is 0.407 e. The second-order valence-corrected chi connectivity index (χ2v) is 17.7. The van der Waals surface area contributed by atoms with Crippen LogP contribution in [0.5, 0.6) is 0 Å². The van der Waals surface area contributed by atoms with E-state index < -0.39 is 24.3 Å². The molecule has 2 aliphatic rings. The Labute approximate surface area is 360 Å². The van der Waals surface area contributed by atoms with Crippen LogP contribution in [-0.2, 0) is 23.8 Å². The van der Waals surface area contributed by atoms with E-state index in [0.717, 1.165) is 67.0 Å². The number of imidazole rings is 2. The Bertz CT molecular complexity index is 2670. The van der Waals surface area contributed by atoms with Crippen LogP contribution >= 0.6 is 0 Å². The summed E-state index contributed by atoms with van der Waals surface area (Å²) in [6.07, 6.45) is 0.155. The number of likely N-dealkylation sites (tertiary alicyclic amines) is 2. The Balaban J connectivity index is 1.07. The van der Waals surface area contributed by atoms with Crippen molar-refractivity contribution in [1.82, 2.24) is 40.4 Å². The summed E-state index contributed by atoms with van der Waals surface area (Å²) in [7, 11) is 4.25. The number of amides is 4. The van der Waals surface area contributed by atoms with Crippen LogP contribution in [0.3, 0.4) is 0 Å². The molecule has 2 saturated heterocycles. The number of ether oxygens (including phenoxy) is 3. The summed E-state index contributed by atoms with van der Waals surface area (Å²) in [5, 5.41) is 9.54. The van der Waals surface area contributed by atoms with Gasteiger partial charge in [0.05, 0.1) is 55.0 Å². The summed E-state index contributed by atoms with van der Waals surface area (Å²) in [6, 6.07) is 19.0. The number of benzene rings is 4. The number of aromatic amines is 2. The fraction of sp³-hybridized carbons (Fsp3) is 0.447. The van der Waals surface area contributed by atoms with Crippen molar-refractivity contribution in [2.75, 3.05) is 41.0 Å². The largest absolute Gasteiger partial charge is 0.453 e. The summed E-state index contributed by atoms with van der Waals surface area (Å²) >= 11 is 0. The summed E-state index contributed by atoms with van der Waals surface area (Å²) in [5.41, 5.74) is 5.55. The molecule has 1 unspecified atom stereocenters. The van der Waals surface area contributed by atoms with Crippen LogP contribution in [0.1, 0.15) is 71.2 Å². The first-order chi connectivity index (χ1) is 29.8. The lowest BCUT2D eigenvalue weighted by Crippen LogP contribution is -2.51. The van der Waals surface area contributed by atoms with Gasteiger partial charge in [-0.2, -0.15) is 0 Å². The lowest BCUT2D eigenvalue weighted by molar-refractivity contribution is -0.136. The summed E-state index contributed by atoms with van der Waals surface area (Å²) in [5.74, 6) is 1.19. The van der Waals surface area contributed by atoms with E-state index in [0.29, 0.717) is 31.9 Å². The number of H-pyrrole nitrogens is 2. The molecule has 15 heteroatoms. The predicted octanol–water partition coefficient (Wildman–Crippen LogP) is 7.62. The number of alkyl carbamates (subject to hydrolysis) is 2. The van der Waals surface area contributed by atoms with E-state index in [1.807, 2.05) is 49.6 Å². The number of carbonyl (C=O) groups excluding carboxylic acids is 4. The van der Waals surface area contributed by atoms with Gasteiger partial charge < -0.3 is 44.6 Å². The highest BCUT2D eigenvalue weighted by molar-refractivity contribution is 6.07. The summed E-state index contributed by atoms with van der Waals surface area (Å²) in [4.78, 5) is 73.2. The number of nitrogens with one attached hydrogen (secondary N) is 4. The van der Waals surface area contributed by atoms with Crippen molar-refractivity contribution in [1.29, 1.82) is 0 Å². The Morgan fingerprint density at radius 2 is 1.15 bits per heavy atom. The van der Waals surface area contributed by atoms with E-state index in [1.54, 1.807) is 7.11 Å². The highest BCUT2D eigenvalue weighted by Crippen LogP contribution is 2.40. The standard InChI is InChI=1S/C47H56N8O7/c1-24(2)38(52-46(58)61-7)44(56)54-21-26(5)17-36(54)42-48-34-15-11-30-19-28(9-13-32(30)40(34)50-42)29-10-14-33-31(20-29)12-16-35-41(33)51-43(49-35)37-18-27(23-60-6)22-55(37)45(57)39(25(3)4)53-47(59)62-8/h9-16,19-20,24-27,36-39H,17-18,21-23H2,1-8H3,(H,48,50)(H,49,51)(H,52,58)(H,53,59)/t26-,27-,36-,37-,38?,39-/m0/s1. The quantitative estimate of drug-likeness (QED) is 0.102. The first-order valence-electron chi connectivity index (χ1n) is 21.4. The molecule has 0 radical (unpaired) electrons. The third kappa shape index (κ3) is 8.01. The number of fused-ring (bicyclic) bond motifs is 6. The average molecular weight is 845 g/mol. The van der Waals surface area contributed by atoms with Crippen LogP contribution in [0.4, 0.5) is 9.59 Å². The Kier molecular flexibility index (Phi) is 11.8. The predicted molar refractivity (Wildman–Crippen MR) is 237 cm³/mol. The molecule has 4 heterocycles. The molecule has 0 aliphatic carbocycles. The Morgan fingerprint density at radius 3 is 1.60 bits per heavy atom. The molecule has 2 aromatic heterocycles. The zero-order chi connectivity index (χ0) is 44.0. The molecule has 15 nitrogen and oxygen atoms in total. The zero-order valence-electron chi connectivity index (χ0n) is 36.6. The minimum absolute atomic E-state index is 0.110. The molecule has 4 aromatic carbocycles. The molecule has 6 aromatic rings. The van der Waals surface area contributed by atoms with Crippen LogP contribution in [-0.4, -0.2) is 107 Å². The van der Waals surface area contributed by atoms with E-state index >= 15 is 0 Å². The first kappa shape index (κ1) is 42.5. The smallest absolute Gasteiger partial charge is 0.407 e. The SMILES string of the molecule is COC[C@H]1C[C@@H](c2nc3c(ccc4cc(-c5ccc6c(ccc7[nH]c([C@@H]8C[C@H](C)CN8C(=O)C(NC(=O)OC)C(C)C)nc76)c5)ccc43)[nH]2)N(C(=O)[C@@H](NC(=O)OC)C(C)C)C1. The van der Waals surface area contributed by atoms with Gasteiger partial charge in [0.25, 0.3) is 0 Å². The summed E-state index contributed by atoms with van der Waals surface area (Å²) in [6.45, 7) is 11.3. The van der Waals surface area contributed by atoms with Crippen molar-refractivity contribution in [2.24, 2.45) is 23.7 Å². The molecule has 4 amide bonds. The van der Waals surface area contributed by atoms with Crippen LogP contribution in [0.2, 0.25) is 0 Å². The van der Waals surface area contributed by atoms with Crippen molar-refractivity contribution in [2.45, 2.75) is 71.6 Å². The number of aromatic nitrogens is 4. The van der Waals surface area contributed by atoms with Crippen LogP contribution in [0.15, 0.2) is 60.7 Å². The minimum atomic E-state index is -0.751. The van der Waals surface area contributed by atoms with E-state index in [2.05, 4.69) is 76.1 Å². The van der Waals surface area contributed by atoms with Crippen molar-refractivity contribution < 1.29 is 33.4 Å². The number of hydrogen-bond acceptors (Lipinski definition) is 9. The van der Waals surface area contributed by atoms with E-state index in [4.69, 9.17) is 24.2 Å². The van der Waals surface area contributed by atoms with Crippen LogP contribution in [0, 0.1) is 23.7 Å². The monoisotopic (exact) mass is 844 g/mol. The van der Waals surface area contributed by atoms with Gasteiger partial charge in [-0.1, -0.05) is 71.0 Å². The lowest BCUT2D eigenvalue weighted by Gasteiger charge is -2.30. The van der Waals surface area contributed by atoms with Gasteiger partial charge >= 0.3 is 12.2 Å². The fourth-order valence-corrected chi connectivity index (χ4v) is 9.40. The van der Waals surface area contributed by atoms with Crippen molar-refractivity contribution >= 4 is 67.6 Å². The molecule has 6 atom stereocenters. The van der Waals surface area contributed by atoms with Crippen LogP contribution in [0.25, 0.3) is 54.7 Å². The van der Waals surface area contributed by atoms with Gasteiger partial charge in [0, 0.05) is 36.9 Å². The highest BCUT2D eigenvalue weighted by Gasteiger charge is 2.42. The molecule has 0 bridgehead atoms. The van der Waals surface area contributed by atoms with Crippen molar-refractivity contribution in [3.63, 3.8) is 0 Å². The number of nitrogens with zero attached hydrogens (tertiary/aromatic N) is 4. The van der Waals surface area contributed by atoms with Gasteiger partial charge in [0.1, 0.15) is 23.7 Å². The van der Waals surface area contributed by atoms with Gasteiger partial charge in [-0.3, -0.25) is 9.59 Å². The zero-order valence-corrected chi connectivity index (χ0v) is 36.6. The van der Waals surface area contributed by atoms with Gasteiger partial charge in [-0.15, -0.1) is 0 Å². The lowest BCUT2D eigenvalue weighted by atomic mass is 9.98. The molecule has 0 spiro atoms. The third-order valence-corrected chi connectivity index (χ3v) is 12.6. The molecule has 326 valence electrons. The van der Waals surface area contributed by atoms with E-state index in [-0.39, 0.29) is 47.6 Å². The number of hydrogen-bond donors (Lipinski definition) is 4. The number of carbonyl (C=O) groups is 4. The van der Waals surface area contributed by atoms with Crippen LogP contribution < -0.4 is 10.6 Å². The third-order valence-electron chi connectivity index (χ3n) is 12.6. The second kappa shape index (κ2) is 17.3. The van der Waals surface area contributed by atoms with Gasteiger partial charge in [-0.25, -0.2) is 19.6 Å². The molecule has 2 fully saturated rings. The summed E-state index contributed by atoms with van der Waals surface area (Å²) < 4.78 is 15.2. The molecular formula is C47H56N8O7. The van der Waals surface area contributed by atoms with Gasteiger partial charge in [0.15, 0.2) is 0 Å². The maximum atomic E-state index is 14.0. The maximum absolute atomic E-state index is 14.0. The average Bonchev–Trinajstić information content (AvgIpc) is 4.08. The molecular weight excluding hydrogens is 789 g/mol. The number of rotatable bonds is 11. The molecule has 4 N–H and O–H groups in total. The number of methoxy groups -OCH3 is 3. The molecule has 0 saturated carbocycles.